The van der Waals surface area contributed by atoms with Crippen LogP contribution in [0, 0.1) is 0 Å². The van der Waals surface area contributed by atoms with E-state index in [0.717, 1.165) is 28.0 Å². The molecule has 1 N–H and O–H groups in total. The third kappa shape index (κ3) is 2.13. The first-order chi connectivity index (χ1) is 12.7. The summed E-state index contributed by atoms with van der Waals surface area (Å²) in [4.78, 5) is 8.13. The molecule has 7 heteroatoms. The van der Waals surface area contributed by atoms with Crippen molar-refractivity contribution in [2.24, 2.45) is 7.05 Å². The van der Waals surface area contributed by atoms with Gasteiger partial charge in [0.15, 0.2) is 17.1 Å². The van der Waals surface area contributed by atoms with E-state index in [1.807, 2.05) is 49.5 Å². The second kappa shape index (κ2) is 5.52. The van der Waals surface area contributed by atoms with Gasteiger partial charge in [-0.1, -0.05) is 30.3 Å². The van der Waals surface area contributed by atoms with Gasteiger partial charge in [0.2, 0.25) is 6.79 Å². The van der Waals surface area contributed by atoms with Crippen LogP contribution in [0.5, 0.6) is 17.2 Å². The average molecular weight is 348 g/mol. The lowest BCUT2D eigenvalue weighted by Gasteiger charge is -2.07. The van der Waals surface area contributed by atoms with Crippen molar-refractivity contribution >= 4 is 11.2 Å². The summed E-state index contributed by atoms with van der Waals surface area (Å²) >= 11 is 0. The summed E-state index contributed by atoms with van der Waals surface area (Å²) in [7, 11) is 3.51. The van der Waals surface area contributed by atoms with Gasteiger partial charge in [-0.25, -0.2) is 9.67 Å². The molecule has 0 fully saturated rings. The number of H-pyrrole nitrogens is 1. The van der Waals surface area contributed by atoms with Crippen LogP contribution in [0.2, 0.25) is 0 Å². The fraction of sp³-hybridized carbons (Fsp3) is 0.158. The summed E-state index contributed by atoms with van der Waals surface area (Å²) in [5.41, 5.74) is 4.37. The zero-order chi connectivity index (χ0) is 17.7. The van der Waals surface area contributed by atoms with Gasteiger partial charge in [-0.2, -0.15) is 5.10 Å². The molecule has 26 heavy (non-hydrogen) atoms. The summed E-state index contributed by atoms with van der Waals surface area (Å²) < 4.78 is 18.2. The normalized spacial score (nSPS) is 12.7. The number of rotatable bonds is 3. The molecule has 0 saturated heterocycles. The molecule has 0 radical (unpaired) electrons. The SMILES string of the molecule is COc1cc2c(cc1-c1nc3c([nH]1)c(-c1ccccc1)nn3C)OCO2. The number of ether oxygens (including phenoxy) is 3. The van der Waals surface area contributed by atoms with Gasteiger partial charge in [-0.05, 0) is 6.07 Å². The standard InChI is InChI=1S/C19H16N4O3/c1-23-19-17(16(22-23)11-6-4-3-5-7-11)20-18(21-19)12-8-14-15(26-10-25-14)9-13(12)24-2/h3-9H,10H2,1-2H3,(H,20,21). The number of aromatic nitrogens is 4. The lowest BCUT2D eigenvalue weighted by molar-refractivity contribution is 0.174. The highest BCUT2D eigenvalue weighted by Crippen LogP contribution is 2.42. The minimum Gasteiger partial charge on any atom is -0.496 e. The highest BCUT2D eigenvalue weighted by atomic mass is 16.7. The molecular formula is C19H16N4O3. The zero-order valence-corrected chi connectivity index (χ0v) is 14.3. The van der Waals surface area contributed by atoms with E-state index in [2.05, 4.69) is 10.1 Å². The van der Waals surface area contributed by atoms with E-state index in [-0.39, 0.29) is 6.79 Å². The molecule has 2 aromatic carbocycles. The van der Waals surface area contributed by atoms with E-state index in [9.17, 15) is 0 Å². The molecule has 0 bridgehead atoms. The second-order valence-corrected chi connectivity index (χ2v) is 6.03. The van der Waals surface area contributed by atoms with Crippen LogP contribution >= 0.6 is 0 Å². The summed E-state index contributed by atoms with van der Waals surface area (Å²) in [6.45, 7) is 0.212. The number of aromatic amines is 1. The lowest BCUT2D eigenvalue weighted by Crippen LogP contribution is -1.94. The Bertz CT molecular complexity index is 1110. The van der Waals surface area contributed by atoms with E-state index >= 15 is 0 Å². The van der Waals surface area contributed by atoms with Crippen LogP contribution in [0.1, 0.15) is 0 Å². The Morgan fingerprint density at radius 1 is 1.12 bits per heavy atom. The van der Waals surface area contributed by atoms with Gasteiger partial charge in [0.05, 0.1) is 12.7 Å². The Morgan fingerprint density at radius 2 is 1.88 bits per heavy atom. The van der Waals surface area contributed by atoms with Crippen molar-refractivity contribution in [3.63, 3.8) is 0 Å². The van der Waals surface area contributed by atoms with Crippen molar-refractivity contribution in [2.45, 2.75) is 0 Å². The Balaban J connectivity index is 1.70. The smallest absolute Gasteiger partial charge is 0.231 e. The maximum Gasteiger partial charge on any atom is 0.231 e. The molecule has 0 unspecified atom stereocenters. The molecule has 3 heterocycles. The van der Waals surface area contributed by atoms with Gasteiger partial charge in [0.25, 0.3) is 0 Å². The van der Waals surface area contributed by atoms with Gasteiger partial charge in [-0.3, -0.25) is 0 Å². The van der Waals surface area contributed by atoms with Crippen LogP contribution in [0.15, 0.2) is 42.5 Å². The number of imidazole rings is 1. The molecule has 2 aromatic heterocycles. The monoisotopic (exact) mass is 348 g/mol. The summed E-state index contributed by atoms with van der Waals surface area (Å²) in [5.74, 6) is 2.72. The third-order valence-electron chi connectivity index (χ3n) is 4.48. The van der Waals surface area contributed by atoms with Gasteiger partial charge >= 0.3 is 0 Å². The van der Waals surface area contributed by atoms with E-state index in [4.69, 9.17) is 19.2 Å². The van der Waals surface area contributed by atoms with Crippen molar-refractivity contribution < 1.29 is 14.2 Å². The molecule has 7 nitrogen and oxygen atoms in total. The molecule has 0 aliphatic carbocycles. The Morgan fingerprint density at radius 3 is 2.65 bits per heavy atom. The predicted molar refractivity (Wildman–Crippen MR) is 96.4 cm³/mol. The number of methoxy groups -OCH3 is 1. The number of fused-ring (bicyclic) bond motifs is 2. The largest absolute Gasteiger partial charge is 0.496 e. The predicted octanol–water partition coefficient (Wildman–Crippen LogP) is 3.37. The van der Waals surface area contributed by atoms with Crippen LogP contribution in [0.4, 0.5) is 0 Å². The summed E-state index contributed by atoms with van der Waals surface area (Å²) in [6.07, 6.45) is 0. The number of nitrogens with zero attached hydrogens (tertiary/aromatic N) is 3. The van der Waals surface area contributed by atoms with Crippen LogP contribution < -0.4 is 14.2 Å². The van der Waals surface area contributed by atoms with E-state index in [1.165, 1.54) is 0 Å². The van der Waals surface area contributed by atoms with E-state index < -0.39 is 0 Å². The van der Waals surface area contributed by atoms with E-state index in [0.29, 0.717) is 23.1 Å². The van der Waals surface area contributed by atoms with Crippen LogP contribution in [0.3, 0.4) is 0 Å². The summed E-state index contributed by atoms with van der Waals surface area (Å²) in [5, 5.41) is 4.60. The van der Waals surface area contributed by atoms with Crippen molar-refractivity contribution in [3.8, 4) is 39.9 Å². The van der Waals surface area contributed by atoms with Crippen molar-refractivity contribution in [2.75, 3.05) is 13.9 Å². The number of nitrogens with one attached hydrogen (secondary N) is 1. The van der Waals surface area contributed by atoms with Crippen molar-refractivity contribution in [3.05, 3.63) is 42.5 Å². The quantitative estimate of drug-likeness (QED) is 0.614. The van der Waals surface area contributed by atoms with E-state index in [1.54, 1.807) is 11.8 Å². The number of hydrogen-bond donors (Lipinski definition) is 1. The van der Waals surface area contributed by atoms with Crippen molar-refractivity contribution in [1.29, 1.82) is 0 Å². The maximum atomic E-state index is 5.52. The highest BCUT2D eigenvalue weighted by Gasteiger charge is 2.22. The molecule has 0 saturated carbocycles. The van der Waals surface area contributed by atoms with Gasteiger partial charge < -0.3 is 19.2 Å². The van der Waals surface area contributed by atoms with Crippen molar-refractivity contribution in [1.82, 2.24) is 19.7 Å². The lowest BCUT2D eigenvalue weighted by atomic mass is 10.1. The first-order valence-electron chi connectivity index (χ1n) is 8.20. The number of aryl methyl sites for hydroxylation is 1. The summed E-state index contributed by atoms with van der Waals surface area (Å²) in [6, 6.07) is 13.7. The third-order valence-corrected chi connectivity index (χ3v) is 4.48. The molecular weight excluding hydrogens is 332 g/mol. The second-order valence-electron chi connectivity index (χ2n) is 6.03. The van der Waals surface area contributed by atoms with Crippen LogP contribution in [-0.4, -0.2) is 33.7 Å². The molecule has 5 rings (SSSR count). The molecule has 0 amide bonds. The molecule has 4 aromatic rings. The average Bonchev–Trinajstić information content (AvgIpc) is 3.37. The van der Waals surface area contributed by atoms with Gasteiger partial charge in [-0.15, -0.1) is 0 Å². The number of hydrogen-bond acceptors (Lipinski definition) is 5. The van der Waals surface area contributed by atoms with Gasteiger partial charge in [0.1, 0.15) is 22.8 Å². The first kappa shape index (κ1) is 14.8. The minimum absolute atomic E-state index is 0.212. The highest BCUT2D eigenvalue weighted by molar-refractivity contribution is 5.91. The molecule has 0 atom stereocenters. The van der Waals surface area contributed by atoms with Gasteiger partial charge in [0, 0.05) is 18.7 Å². The minimum atomic E-state index is 0.212. The molecule has 1 aliphatic rings. The maximum absolute atomic E-state index is 5.52. The Labute approximate surface area is 149 Å². The topological polar surface area (TPSA) is 74.2 Å². The fourth-order valence-electron chi connectivity index (χ4n) is 3.21. The van der Waals surface area contributed by atoms with Crippen LogP contribution in [0.25, 0.3) is 33.8 Å². The molecule has 0 spiro atoms. The first-order valence-corrected chi connectivity index (χ1v) is 8.20. The Hall–Kier alpha value is -3.48. The van der Waals surface area contributed by atoms with Crippen LogP contribution in [-0.2, 0) is 7.05 Å². The molecule has 1 aliphatic heterocycles. The zero-order valence-electron chi connectivity index (χ0n) is 14.3. The number of benzene rings is 2. The molecule has 130 valence electrons. The Kier molecular flexibility index (Phi) is 3.15. The fourth-order valence-corrected chi connectivity index (χ4v) is 3.21.